The van der Waals surface area contributed by atoms with Crippen LogP contribution < -0.4 is 10.3 Å². The highest BCUT2D eigenvalue weighted by molar-refractivity contribution is 6.30. The van der Waals surface area contributed by atoms with E-state index in [1.54, 1.807) is 17.0 Å². The van der Waals surface area contributed by atoms with Crippen molar-refractivity contribution in [1.29, 1.82) is 0 Å². The van der Waals surface area contributed by atoms with Crippen molar-refractivity contribution in [3.05, 3.63) is 58.9 Å². The minimum atomic E-state index is -0.785. The maximum Gasteiger partial charge on any atom is 0.202 e. The number of aliphatic hydroxyl groups is 1. The van der Waals surface area contributed by atoms with Crippen LogP contribution in [0.3, 0.4) is 0 Å². The van der Waals surface area contributed by atoms with Crippen LogP contribution in [0.2, 0.25) is 5.15 Å². The Bertz CT molecular complexity index is 897. The summed E-state index contributed by atoms with van der Waals surface area (Å²) in [6.07, 6.45) is -0.785. The molecule has 25 heavy (non-hydrogen) atoms. The smallest absolute Gasteiger partial charge is 0.202 e. The van der Waals surface area contributed by atoms with Crippen molar-refractivity contribution in [1.82, 2.24) is 10.4 Å². The van der Waals surface area contributed by atoms with Gasteiger partial charge in [0.25, 0.3) is 0 Å². The third-order valence-corrected chi connectivity index (χ3v) is 4.27. The summed E-state index contributed by atoms with van der Waals surface area (Å²) in [7, 11) is 0. The number of hydrogen-bond donors (Lipinski definition) is 2. The van der Waals surface area contributed by atoms with E-state index < -0.39 is 12.8 Å². The third kappa shape index (κ3) is 2.67. The van der Waals surface area contributed by atoms with E-state index in [1.165, 1.54) is 0 Å². The molecule has 0 saturated carbocycles. The number of amidine groups is 1. The van der Waals surface area contributed by atoms with Gasteiger partial charge in [0.2, 0.25) is 5.78 Å². The van der Waals surface area contributed by atoms with Gasteiger partial charge in [-0.1, -0.05) is 41.9 Å². The number of aliphatic imine (C=N–C) groups is 1. The second-order valence-electron chi connectivity index (χ2n) is 5.59. The highest BCUT2D eigenvalue weighted by Gasteiger charge is 2.37. The predicted molar refractivity (Wildman–Crippen MR) is 95.1 cm³/mol. The second-order valence-corrected chi connectivity index (χ2v) is 5.97. The predicted octanol–water partition coefficient (Wildman–Crippen LogP) is 1.20. The number of rotatable bonds is 3. The zero-order valence-corrected chi connectivity index (χ0v) is 13.8. The highest BCUT2D eigenvalue weighted by Crippen LogP contribution is 2.30. The van der Waals surface area contributed by atoms with Gasteiger partial charge < -0.3 is 5.11 Å². The van der Waals surface area contributed by atoms with Crippen LogP contribution >= 0.6 is 11.6 Å². The molecular formula is C17H14ClN5O2. The van der Waals surface area contributed by atoms with Gasteiger partial charge in [0.15, 0.2) is 12.0 Å². The molecule has 7 nitrogen and oxygen atoms in total. The van der Waals surface area contributed by atoms with Gasteiger partial charge >= 0.3 is 0 Å². The molecule has 2 aliphatic heterocycles. The number of halogens is 1. The Morgan fingerprint density at radius 3 is 2.84 bits per heavy atom. The van der Waals surface area contributed by atoms with Crippen molar-refractivity contribution in [3.63, 3.8) is 0 Å². The fourth-order valence-corrected chi connectivity index (χ4v) is 3.08. The number of aromatic nitrogens is 1. The lowest BCUT2D eigenvalue weighted by atomic mass is 10.0. The SMILES string of the molecule is O=C(CO)C1NN=C2CN=C(c3ccccc3)c3nc(Cl)ccc3N21. The first-order valence-corrected chi connectivity index (χ1v) is 8.08. The van der Waals surface area contributed by atoms with Gasteiger partial charge in [-0.3, -0.25) is 20.1 Å². The molecule has 0 amide bonds. The number of ketones is 1. The quantitative estimate of drug-likeness (QED) is 0.807. The fourth-order valence-electron chi connectivity index (χ4n) is 2.93. The summed E-state index contributed by atoms with van der Waals surface area (Å²) in [5, 5.41) is 13.8. The average Bonchev–Trinajstić information content (AvgIpc) is 2.99. The third-order valence-electron chi connectivity index (χ3n) is 4.06. The molecule has 0 spiro atoms. The molecule has 3 heterocycles. The largest absolute Gasteiger partial charge is 0.388 e. The average molecular weight is 356 g/mol. The van der Waals surface area contributed by atoms with Crippen LogP contribution in [0, 0.1) is 0 Å². The summed E-state index contributed by atoms with van der Waals surface area (Å²) >= 11 is 6.11. The zero-order valence-electron chi connectivity index (χ0n) is 13.1. The summed E-state index contributed by atoms with van der Waals surface area (Å²) in [6, 6.07) is 13.1. The fraction of sp³-hybridized carbons (Fsp3) is 0.176. The second kappa shape index (κ2) is 6.27. The molecule has 0 fully saturated rings. The molecule has 2 aliphatic rings. The molecule has 0 radical (unpaired) electrons. The van der Waals surface area contributed by atoms with Gasteiger partial charge in [-0.05, 0) is 12.1 Å². The molecule has 1 aromatic carbocycles. The van der Waals surface area contributed by atoms with Crippen LogP contribution in [0.25, 0.3) is 0 Å². The van der Waals surface area contributed by atoms with E-state index in [4.69, 9.17) is 11.6 Å². The summed E-state index contributed by atoms with van der Waals surface area (Å²) in [5.41, 5.74) is 5.59. The molecule has 2 aromatic rings. The molecule has 0 saturated heterocycles. The number of nitrogens with zero attached hydrogens (tertiary/aromatic N) is 4. The monoisotopic (exact) mass is 355 g/mol. The summed E-state index contributed by atoms with van der Waals surface area (Å²) < 4.78 is 0. The van der Waals surface area contributed by atoms with Crippen LogP contribution in [0.1, 0.15) is 11.3 Å². The Hall–Kier alpha value is -2.77. The van der Waals surface area contributed by atoms with Crippen LogP contribution in [-0.2, 0) is 4.79 Å². The van der Waals surface area contributed by atoms with Crippen molar-refractivity contribution >= 4 is 34.6 Å². The van der Waals surface area contributed by atoms with Gasteiger partial charge in [0, 0.05) is 5.56 Å². The van der Waals surface area contributed by atoms with E-state index in [9.17, 15) is 9.90 Å². The molecule has 1 aromatic heterocycles. The number of aliphatic hydroxyl groups excluding tert-OH is 1. The van der Waals surface area contributed by atoms with Crippen LogP contribution in [0.4, 0.5) is 5.69 Å². The van der Waals surface area contributed by atoms with E-state index in [0.29, 0.717) is 28.1 Å². The van der Waals surface area contributed by atoms with Crippen molar-refractivity contribution in [2.75, 3.05) is 18.1 Å². The Morgan fingerprint density at radius 1 is 1.28 bits per heavy atom. The van der Waals surface area contributed by atoms with Crippen molar-refractivity contribution in [3.8, 4) is 0 Å². The number of carbonyl (C=O) groups is 1. The highest BCUT2D eigenvalue weighted by atomic mass is 35.5. The van der Waals surface area contributed by atoms with Crippen molar-refractivity contribution in [2.24, 2.45) is 10.1 Å². The molecule has 0 bridgehead atoms. The number of carbonyl (C=O) groups excluding carboxylic acids is 1. The number of benzene rings is 1. The Balaban J connectivity index is 1.89. The molecular weight excluding hydrogens is 342 g/mol. The Kier molecular flexibility index (Phi) is 3.95. The lowest BCUT2D eigenvalue weighted by Gasteiger charge is -2.25. The zero-order chi connectivity index (χ0) is 17.4. The van der Waals surface area contributed by atoms with E-state index in [1.807, 2.05) is 30.3 Å². The minimum Gasteiger partial charge on any atom is -0.388 e. The number of hydrazone groups is 1. The van der Waals surface area contributed by atoms with Crippen LogP contribution in [0.15, 0.2) is 52.6 Å². The number of pyridine rings is 1. The molecule has 2 N–H and O–H groups in total. The maximum absolute atomic E-state index is 12.1. The molecule has 8 heteroatoms. The normalized spacial score (nSPS) is 18.5. The number of hydrogen-bond acceptors (Lipinski definition) is 7. The first-order valence-electron chi connectivity index (χ1n) is 7.70. The first-order chi connectivity index (χ1) is 12.2. The van der Waals surface area contributed by atoms with Gasteiger partial charge in [0.05, 0.1) is 17.9 Å². The number of Topliss-reactive ketones (excluding diaryl/α,β-unsaturated/α-hetero) is 1. The van der Waals surface area contributed by atoms with E-state index >= 15 is 0 Å². The standard InChI is InChI=1S/C17H14ClN5O2/c18-13-7-6-11-16(20-13)15(10-4-2-1-3-5-10)19-8-14-21-22-17(23(11)14)12(25)9-24/h1-7,17,22,24H,8-9H2. The summed E-state index contributed by atoms with van der Waals surface area (Å²) in [5.74, 6) is 0.200. The lowest BCUT2D eigenvalue weighted by Crippen LogP contribution is -2.48. The van der Waals surface area contributed by atoms with Gasteiger partial charge in [-0.15, -0.1) is 0 Å². The molecule has 0 aliphatic carbocycles. The Morgan fingerprint density at radius 2 is 2.08 bits per heavy atom. The number of nitrogens with one attached hydrogen (secondary N) is 1. The van der Waals surface area contributed by atoms with Crippen LogP contribution in [-0.4, -0.2) is 46.7 Å². The molecule has 4 rings (SSSR count). The molecule has 126 valence electrons. The number of fused-ring (bicyclic) bond motifs is 3. The first kappa shape index (κ1) is 15.7. The molecule has 1 atom stereocenters. The topological polar surface area (TPSA) is 90.2 Å². The van der Waals surface area contributed by atoms with Gasteiger partial charge in [-0.2, -0.15) is 5.10 Å². The van der Waals surface area contributed by atoms with Crippen LogP contribution in [0.5, 0.6) is 0 Å². The van der Waals surface area contributed by atoms with Gasteiger partial charge in [-0.25, -0.2) is 4.98 Å². The lowest BCUT2D eigenvalue weighted by molar-refractivity contribution is -0.123. The van der Waals surface area contributed by atoms with E-state index in [0.717, 1.165) is 5.56 Å². The maximum atomic E-state index is 12.1. The molecule has 1 unspecified atom stereocenters. The summed E-state index contributed by atoms with van der Waals surface area (Å²) in [6.45, 7) is -0.305. The minimum absolute atomic E-state index is 0.278. The van der Waals surface area contributed by atoms with E-state index in [2.05, 4.69) is 20.5 Å². The van der Waals surface area contributed by atoms with Crippen molar-refractivity contribution in [2.45, 2.75) is 6.17 Å². The van der Waals surface area contributed by atoms with Gasteiger partial charge in [0.1, 0.15) is 17.5 Å². The van der Waals surface area contributed by atoms with E-state index in [-0.39, 0.29) is 12.3 Å². The van der Waals surface area contributed by atoms with Crippen molar-refractivity contribution < 1.29 is 9.90 Å². The summed E-state index contributed by atoms with van der Waals surface area (Å²) in [4.78, 5) is 22.9. The number of anilines is 1. The Labute approximate surface area is 148 Å².